The molecular formula is C22H30N4O3. The molecule has 0 aliphatic carbocycles. The van der Waals surface area contributed by atoms with Crippen molar-refractivity contribution in [1.82, 2.24) is 20.1 Å². The molecule has 1 fully saturated rings. The molecule has 0 bridgehead atoms. The normalized spacial score (nSPS) is 18.8. The van der Waals surface area contributed by atoms with Crippen LogP contribution >= 0.6 is 0 Å². The average Bonchev–Trinajstić information content (AvgIpc) is 3.24. The summed E-state index contributed by atoms with van der Waals surface area (Å²) in [5.74, 6) is -0.535. The summed E-state index contributed by atoms with van der Waals surface area (Å²) in [5, 5.41) is 3.77. The molecule has 4 amide bonds. The van der Waals surface area contributed by atoms with Gasteiger partial charge in [0.25, 0.3) is 5.91 Å². The van der Waals surface area contributed by atoms with Crippen molar-refractivity contribution in [3.8, 4) is 0 Å². The molecule has 3 atom stereocenters. The van der Waals surface area contributed by atoms with E-state index in [1.807, 2.05) is 58.2 Å². The van der Waals surface area contributed by atoms with Crippen molar-refractivity contribution in [2.75, 3.05) is 6.54 Å². The number of aromatic nitrogens is 1. The molecule has 0 saturated carbocycles. The van der Waals surface area contributed by atoms with E-state index in [2.05, 4.69) is 10.3 Å². The first-order chi connectivity index (χ1) is 13.9. The molecule has 0 unspecified atom stereocenters. The number of aromatic amines is 1. The molecule has 1 saturated heterocycles. The number of carbonyl (C=O) groups is 3. The standard InChI is InChI=1S/C22H30N4O3/c1-5-14(3)26(15(4)6-2)20(27)13-25-21(28)19(24-22(25)29)11-16-12-23-18-10-8-7-9-17(16)18/h7-10,12,14-15,19,23H,5-6,11,13H2,1-4H3,(H,24,29)/t14-,15+,19-/m1/s1. The van der Waals surface area contributed by atoms with Crippen LogP contribution in [0.4, 0.5) is 4.79 Å². The fourth-order valence-electron chi connectivity index (χ4n) is 3.92. The smallest absolute Gasteiger partial charge is 0.325 e. The van der Waals surface area contributed by atoms with Crippen LogP contribution in [0.5, 0.6) is 0 Å². The van der Waals surface area contributed by atoms with E-state index in [-0.39, 0.29) is 30.4 Å². The van der Waals surface area contributed by atoms with Crippen molar-refractivity contribution in [2.24, 2.45) is 0 Å². The van der Waals surface area contributed by atoms with Crippen LogP contribution in [0.3, 0.4) is 0 Å². The van der Waals surface area contributed by atoms with Crippen molar-refractivity contribution in [3.05, 3.63) is 36.0 Å². The van der Waals surface area contributed by atoms with Gasteiger partial charge >= 0.3 is 6.03 Å². The van der Waals surface area contributed by atoms with Crippen molar-refractivity contribution < 1.29 is 14.4 Å². The Bertz CT molecular complexity index is 896. The van der Waals surface area contributed by atoms with Gasteiger partial charge in [0.05, 0.1) is 0 Å². The van der Waals surface area contributed by atoms with Gasteiger partial charge in [-0.2, -0.15) is 0 Å². The van der Waals surface area contributed by atoms with E-state index in [4.69, 9.17) is 0 Å². The first-order valence-corrected chi connectivity index (χ1v) is 10.3. The number of fused-ring (bicyclic) bond motifs is 1. The maximum atomic E-state index is 12.9. The first kappa shape index (κ1) is 20.9. The van der Waals surface area contributed by atoms with Crippen molar-refractivity contribution in [3.63, 3.8) is 0 Å². The highest BCUT2D eigenvalue weighted by atomic mass is 16.2. The predicted molar refractivity (Wildman–Crippen MR) is 112 cm³/mol. The molecule has 2 aromatic rings. The maximum Gasteiger partial charge on any atom is 0.325 e. The maximum absolute atomic E-state index is 12.9. The topological polar surface area (TPSA) is 85.5 Å². The summed E-state index contributed by atoms with van der Waals surface area (Å²) in [5.41, 5.74) is 1.96. The largest absolute Gasteiger partial charge is 0.361 e. The van der Waals surface area contributed by atoms with Gasteiger partial charge in [-0.05, 0) is 38.3 Å². The Morgan fingerprint density at radius 3 is 2.45 bits per heavy atom. The van der Waals surface area contributed by atoms with Crippen molar-refractivity contribution >= 4 is 28.7 Å². The summed E-state index contributed by atoms with van der Waals surface area (Å²) in [6.07, 6.45) is 3.89. The summed E-state index contributed by atoms with van der Waals surface area (Å²) >= 11 is 0. The first-order valence-electron chi connectivity index (χ1n) is 10.3. The number of carbonyl (C=O) groups excluding carboxylic acids is 3. The molecule has 7 heteroatoms. The monoisotopic (exact) mass is 398 g/mol. The summed E-state index contributed by atoms with van der Waals surface area (Å²) in [6, 6.07) is 6.80. The number of nitrogens with one attached hydrogen (secondary N) is 2. The second kappa shape index (κ2) is 8.68. The number of benzene rings is 1. The molecule has 2 heterocycles. The van der Waals surface area contributed by atoms with Gasteiger partial charge in [0.2, 0.25) is 5.91 Å². The van der Waals surface area contributed by atoms with Crippen LogP contribution in [0.25, 0.3) is 10.9 Å². The number of rotatable bonds is 8. The Morgan fingerprint density at radius 2 is 1.79 bits per heavy atom. The van der Waals surface area contributed by atoms with E-state index in [1.165, 1.54) is 0 Å². The van der Waals surface area contributed by atoms with E-state index in [0.29, 0.717) is 6.42 Å². The lowest BCUT2D eigenvalue weighted by atomic mass is 10.1. The van der Waals surface area contributed by atoms with Crippen LogP contribution in [0.1, 0.15) is 46.1 Å². The van der Waals surface area contributed by atoms with Crippen LogP contribution in [0.2, 0.25) is 0 Å². The summed E-state index contributed by atoms with van der Waals surface area (Å²) in [4.78, 5) is 44.3. The minimum Gasteiger partial charge on any atom is -0.361 e. The number of imide groups is 1. The van der Waals surface area contributed by atoms with E-state index in [1.54, 1.807) is 4.90 Å². The second-order valence-electron chi connectivity index (χ2n) is 7.81. The number of H-pyrrole nitrogens is 1. The van der Waals surface area contributed by atoms with Crippen LogP contribution < -0.4 is 5.32 Å². The van der Waals surface area contributed by atoms with Crippen molar-refractivity contribution in [2.45, 2.75) is 65.1 Å². The highest BCUT2D eigenvalue weighted by Crippen LogP contribution is 2.21. The fourth-order valence-corrected chi connectivity index (χ4v) is 3.92. The molecule has 1 aromatic heterocycles. The van der Waals surface area contributed by atoms with Crippen LogP contribution in [0, 0.1) is 0 Å². The molecule has 1 aliphatic rings. The zero-order valence-corrected chi connectivity index (χ0v) is 17.6. The average molecular weight is 399 g/mol. The molecule has 3 rings (SSSR count). The lowest BCUT2D eigenvalue weighted by molar-refractivity contribution is -0.140. The highest BCUT2D eigenvalue weighted by Gasteiger charge is 2.40. The molecule has 29 heavy (non-hydrogen) atoms. The van der Waals surface area contributed by atoms with E-state index in [0.717, 1.165) is 34.2 Å². The van der Waals surface area contributed by atoms with Gasteiger partial charge in [-0.15, -0.1) is 0 Å². The summed E-state index contributed by atoms with van der Waals surface area (Å²) in [7, 11) is 0. The number of para-hydroxylation sites is 1. The van der Waals surface area contributed by atoms with Gasteiger partial charge in [-0.1, -0.05) is 32.0 Å². The van der Waals surface area contributed by atoms with Crippen LogP contribution in [-0.4, -0.2) is 57.3 Å². The third-order valence-corrected chi connectivity index (χ3v) is 5.92. The zero-order valence-electron chi connectivity index (χ0n) is 17.6. The Balaban J connectivity index is 1.72. The molecule has 156 valence electrons. The molecular weight excluding hydrogens is 368 g/mol. The van der Waals surface area contributed by atoms with E-state index in [9.17, 15) is 14.4 Å². The Morgan fingerprint density at radius 1 is 1.14 bits per heavy atom. The zero-order chi connectivity index (χ0) is 21.1. The number of urea groups is 1. The van der Waals surface area contributed by atoms with Gasteiger partial charge in [-0.3, -0.25) is 14.5 Å². The highest BCUT2D eigenvalue weighted by molar-refractivity contribution is 6.06. The van der Waals surface area contributed by atoms with Crippen LogP contribution in [-0.2, 0) is 16.0 Å². The number of amides is 4. The van der Waals surface area contributed by atoms with E-state index < -0.39 is 12.1 Å². The van der Waals surface area contributed by atoms with Gasteiger partial charge in [0, 0.05) is 35.6 Å². The van der Waals surface area contributed by atoms with Gasteiger partial charge in [-0.25, -0.2) is 4.79 Å². The lowest BCUT2D eigenvalue weighted by Crippen LogP contribution is -2.50. The van der Waals surface area contributed by atoms with Crippen molar-refractivity contribution in [1.29, 1.82) is 0 Å². The molecule has 2 N–H and O–H groups in total. The quantitative estimate of drug-likeness (QED) is 0.670. The molecule has 0 radical (unpaired) electrons. The van der Waals surface area contributed by atoms with Gasteiger partial charge in [0.15, 0.2) is 0 Å². The van der Waals surface area contributed by atoms with E-state index >= 15 is 0 Å². The fraction of sp³-hybridized carbons (Fsp3) is 0.500. The molecule has 1 aliphatic heterocycles. The number of hydrogen-bond acceptors (Lipinski definition) is 3. The summed E-state index contributed by atoms with van der Waals surface area (Å²) in [6.45, 7) is 7.83. The molecule has 0 spiro atoms. The molecule has 1 aromatic carbocycles. The van der Waals surface area contributed by atoms with Crippen LogP contribution in [0.15, 0.2) is 30.5 Å². The third-order valence-electron chi connectivity index (χ3n) is 5.92. The second-order valence-corrected chi connectivity index (χ2v) is 7.81. The Kier molecular flexibility index (Phi) is 6.25. The predicted octanol–water partition coefficient (Wildman–Crippen LogP) is 3.06. The Hall–Kier alpha value is -2.83. The summed E-state index contributed by atoms with van der Waals surface area (Å²) < 4.78 is 0. The number of hydrogen-bond donors (Lipinski definition) is 2. The minimum absolute atomic E-state index is 0.0558. The number of nitrogens with zero attached hydrogens (tertiary/aromatic N) is 2. The minimum atomic E-state index is -0.657. The van der Waals surface area contributed by atoms with Gasteiger partial charge in [0.1, 0.15) is 12.6 Å². The third kappa shape index (κ3) is 4.13. The Labute approximate surface area is 171 Å². The molecule has 7 nitrogen and oxygen atoms in total. The van der Waals surface area contributed by atoms with Gasteiger partial charge < -0.3 is 15.2 Å². The SMILES string of the molecule is CC[C@@H](C)N(C(=O)CN1C(=O)N[C@H](Cc2c[nH]c3ccccc23)C1=O)[C@@H](C)CC. The lowest BCUT2D eigenvalue weighted by Gasteiger charge is -2.34.